The van der Waals surface area contributed by atoms with E-state index in [0.717, 1.165) is 12.1 Å². The molecule has 0 aromatic rings. The zero-order valence-corrected chi connectivity index (χ0v) is 7.84. The largest absolute Gasteiger partial charge is 0.311 e. The van der Waals surface area contributed by atoms with Crippen molar-refractivity contribution < 1.29 is 0 Å². The van der Waals surface area contributed by atoms with Crippen LogP contribution in [-0.2, 0) is 0 Å². The summed E-state index contributed by atoms with van der Waals surface area (Å²) in [5.74, 6) is 0. The molecule has 2 saturated heterocycles. The number of hydrogen-bond donors (Lipinski definition) is 1. The second-order valence-corrected chi connectivity index (χ2v) is 3.58. The van der Waals surface area contributed by atoms with Gasteiger partial charge in [0.15, 0.2) is 0 Å². The maximum atomic E-state index is 7.62. The van der Waals surface area contributed by atoms with Gasteiger partial charge in [0, 0.05) is 18.5 Å². The summed E-state index contributed by atoms with van der Waals surface area (Å²) >= 11 is 0. The Hall–Kier alpha value is -0.550. The van der Waals surface area contributed by atoms with Gasteiger partial charge in [-0.05, 0) is 25.7 Å². The Morgan fingerprint density at radius 2 is 1.75 bits per heavy atom. The predicted molar refractivity (Wildman–Crippen MR) is 49.7 cm³/mol. The van der Waals surface area contributed by atoms with Crippen molar-refractivity contribution in [1.29, 1.82) is 5.26 Å². The number of fused-ring (bicyclic) bond motifs is 2. The molecule has 2 fully saturated rings. The fourth-order valence-corrected chi connectivity index (χ4v) is 1.97. The summed E-state index contributed by atoms with van der Waals surface area (Å²) in [6.07, 6.45) is 7.88. The smallest absolute Gasteiger partial charge is 0.0618 e. The molecule has 0 saturated carbocycles. The van der Waals surface area contributed by atoms with Gasteiger partial charge in [0.05, 0.1) is 6.07 Å². The summed E-state index contributed by atoms with van der Waals surface area (Å²) in [4.78, 5) is 0. The van der Waals surface area contributed by atoms with Gasteiger partial charge in [-0.15, -0.1) is 0 Å². The summed E-state index contributed by atoms with van der Waals surface area (Å²) in [5, 5.41) is 11.2. The maximum absolute atomic E-state index is 7.62. The topological polar surface area (TPSA) is 35.8 Å². The second kappa shape index (κ2) is 5.16. The van der Waals surface area contributed by atoms with E-state index in [0.29, 0.717) is 6.42 Å². The van der Waals surface area contributed by atoms with Gasteiger partial charge < -0.3 is 5.32 Å². The van der Waals surface area contributed by atoms with Gasteiger partial charge in [-0.2, -0.15) is 5.26 Å². The van der Waals surface area contributed by atoms with Gasteiger partial charge in [-0.3, -0.25) is 0 Å². The van der Waals surface area contributed by atoms with Crippen LogP contribution in [0.5, 0.6) is 0 Å². The van der Waals surface area contributed by atoms with Crippen molar-refractivity contribution in [3.63, 3.8) is 0 Å². The molecule has 2 unspecified atom stereocenters. The maximum Gasteiger partial charge on any atom is 0.0618 e. The minimum Gasteiger partial charge on any atom is -0.311 e. The number of nitrogens with one attached hydrogen (secondary N) is 1. The third kappa shape index (κ3) is 2.83. The van der Waals surface area contributed by atoms with E-state index < -0.39 is 0 Å². The molecule has 68 valence electrons. The van der Waals surface area contributed by atoms with E-state index in [1.54, 1.807) is 0 Å². The van der Waals surface area contributed by atoms with Gasteiger partial charge in [-0.25, -0.2) is 0 Å². The summed E-state index contributed by atoms with van der Waals surface area (Å²) in [6, 6.07) is 3.75. The van der Waals surface area contributed by atoms with Crippen molar-refractivity contribution in [1.82, 2.24) is 5.32 Å². The van der Waals surface area contributed by atoms with Crippen LogP contribution in [-0.4, -0.2) is 12.1 Å². The first-order chi connectivity index (χ1) is 5.86. The first-order valence-corrected chi connectivity index (χ1v) is 4.99. The Morgan fingerprint density at radius 3 is 2.08 bits per heavy atom. The first-order valence-electron chi connectivity index (χ1n) is 4.99. The lowest BCUT2D eigenvalue weighted by Gasteiger charge is -2.19. The number of piperidine rings is 1. The van der Waals surface area contributed by atoms with Crippen LogP contribution >= 0.6 is 0 Å². The molecule has 2 aliphatic rings. The summed E-state index contributed by atoms with van der Waals surface area (Å²) in [7, 11) is 0. The van der Waals surface area contributed by atoms with E-state index in [1.165, 1.54) is 32.1 Å². The van der Waals surface area contributed by atoms with E-state index in [1.807, 2.05) is 13.0 Å². The Labute approximate surface area is 75.0 Å². The lowest BCUT2D eigenvalue weighted by molar-refractivity contribution is 0.406. The monoisotopic (exact) mass is 166 g/mol. The third-order valence-electron chi connectivity index (χ3n) is 2.60. The fourth-order valence-electron chi connectivity index (χ4n) is 1.97. The molecule has 2 nitrogen and oxygen atoms in total. The average Bonchev–Trinajstić information content (AvgIpc) is 2.46. The van der Waals surface area contributed by atoms with Crippen LogP contribution in [0.15, 0.2) is 0 Å². The van der Waals surface area contributed by atoms with Gasteiger partial charge in [0.1, 0.15) is 0 Å². The molecule has 12 heavy (non-hydrogen) atoms. The van der Waals surface area contributed by atoms with Crippen molar-refractivity contribution in [2.24, 2.45) is 0 Å². The Kier molecular flexibility index (Phi) is 4.10. The van der Waals surface area contributed by atoms with Crippen molar-refractivity contribution in [3.05, 3.63) is 0 Å². The lowest BCUT2D eigenvalue weighted by atomic mass is 10.1. The molecule has 1 N–H and O–H groups in total. The third-order valence-corrected chi connectivity index (χ3v) is 2.60. The quantitative estimate of drug-likeness (QED) is 0.599. The number of nitrogens with zero attached hydrogens (tertiary/aromatic N) is 1. The molecular weight excluding hydrogens is 148 g/mol. The molecule has 2 atom stereocenters. The molecule has 2 aliphatic heterocycles. The Bertz CT molecular complexity index is 146. The molecular formula is C10H18N2. The van der Waals surface area contributed by atoms with Crippen LogP contribution in [0.1, 0.15) is 45.4 Å². The van der Waals surface area contributed by atoms with Crippen LogP contribution in [0.2, 0.25) is 0 Å². The number of rotatable bonds is 0. The van der Waals surface area contributed by atoms with Crippen LogP contribution in [0.3, 0.4) is 0 Å². The van der Waals surface area contributed by atoms with E-state index in [4.69, 9.17) is 5.26 Å². The van der Waals surface area contributed by atoms with E-state index in [2.05, 4.69) is 5.32 Å². The average molecular weight is 166 g/mol. The van der Waals surface area contributed by atoms with Crippen molar-refractivity contribution >= 4 is 0 Å². The van der Waals surface area contributed by atoms with Crippen LogP contribution in [0.25, 0.3) is 0 Å². The first kappa shape index (κ1) is 9.54. The highest BCUT2D eigenvalue weighted by Gasteiger charge is 2.26. The molecule has 0 spiro atoms. The molecule has 2 heterocycles. The van der Waals surface area contributed by atoms with Gasteiger partial charge in [0.25, 0.3) is 0 Å². The van der Waals surface area contributed by atoms with E-state index >= 15 is 0 Å². The zero-order chi connectivity index (χ0) is 8.81. The molecule has 2 rings (SSSR count). The predicted octanol–water partition coefficient (Wildman–Crippen LogP) is 2.21. The normalized spacial score (nSPS) is 31.7. The highest BCUT2D eigenvalue weighted by molar-refractivity contribution is 4.87. The zero-order valence-electron chi connectivity index (χ0n) is 7.84. The molecule has 2 bridgehead atoms. The van der Waals surface area contributed by atoms with Gasteiger partial charge in [0.2, 0.25) is 0 Å². The van der Waals surface area contributed by atoms with Crippen molar-refractivity contribution in [2.45, 2.75) is 57.5 Å². The molecule has 0 aliphatic carbocycles. The van der Waals surface area contributed by atoms with Crippen LogP contribution < -0.4 is 5.32 Å². The molecule has 0 amide bonds. The van der Waals surface area contributed by atoms with E-state index in [9.17, 15) is 0 Å². The SMILES string of the molecule is C1CC2CCC(C1)N2.CCC#N. The Balaban J connectivity index is 0.000000157. The highest BCUT2D eigenvalue weighted by Crippen LogP contribution is 2.25. The minimum absolute atomic E-state index is 0.625. The standard InChI is InChI=1S/C7H13N.C3H5N/c1-2-6-4-5-7(3-1)8-6;1-2-3-4/h6-8H,1-5H2;2H2,1H3. The minimum atomic E-state index is 0.625. The number of nitriles is 1. The molecule has 0 radical (unpaired) electrons. The van der Waals surface area contributed by atoms with Crippen LogP contribution in [0, 0.1) is 11.3 Å². The van der Waals surface area contributed by atoms with Gasteiger partial charge >= 0.3 is 0 Å². The van der Waals surface area contributed by atoms with Crippen molar-refractivity contribution in [3.8, 4) is 6.07 Å². The van der Waals surface area contributed by atoms with Gasteiger partial charge in [-0.1, -0.05) is 13.3 Å². The van der Waals surface area contributed by atoms with Crippen LogP contribution in [0.4, 0.5) is 0 Å². The summed E-state index contributed by atoms with van der Waals surface area (Å²) in [6.45, 7) is 1.82. The molecule has 0 aromatic heterocycles. The fraction of sp³-hybridized carbons (Fsp3) is 0.900. The molecule has 0 aromatic carbocycles. The van der Waals surface area contributed by atoms with E-state index in [-0.39, 0.29) is 0 Å². The summed E-state index contributed by atoms with van der Waals surface area (Å²) < 4.78 is 0. The molecule has 2 heteroatoms. The summed E-state index contributed by atoms with van der Waals surface area (Å²) in [5.41, 5.74) is 0. The second-order valence-electron chi connectivity index (χ2n) is 3.58. The Morgan fingerprint density at radius 1 is 1.25 bits per heavy atom. The van der Waals surface area contributed by atoms with Crippen molar-refractivity contribution in [2.75, 3.05) is 0 Å². The highest BCUT2D eigenvalue weighted by atomic mass is 15.0. The lowest BCUT2D eigenvalue weighted by Crippen LogP contribution is -2.33. The number of hydrogen-bond acceptors (Lipinski definition) is 2.